The van der Waals surface area contributed by atoms with Crippen LogP contribution in [0.15, 0.2) is 97.3 Å². The Hall–Kier alpha value is -4.45. The number of halogens is 1. The Balaban J connectivity index is 1.27. The number of carbonyl (C=O) groups excluding carboxylic acids is 1. The van der Waals surface area contributed by atoms with Crippen LogP contribution >= 0.6 is 0 Å². The van der Waals surface area contributed by atoms with Gasteiger partial charge in [0.15, 0.2) is 17.3 Å². The maximum Gasteiger partial charge on any atom is 0.166 e. The minimum Gasteiger partial charge on any atom is -0.496 e. The first-order valence-electron chi connectivity index (χ1n) is 11.2. The van der Waals surface area contributed by atoms with Gasteiger partial charge in [0, 0.05) is 24.6 Å². The minimum atomic E-state index is -0.519. The first-order valence-corrected chi connectivity index (χ1v) is 11.2. The Morgan fingerprint density at radius 2 is 1.66 bits per heavy atom. The number of para-hydroxylation sites is 1. The smallest absolute Gasteiger partial charge is 0.166 e. The summed E-state index contributed by atoms with van der Waals surface area (Å²) in [6.07, 6.45) is 3.83. The number of ether oxygens (including phenoxy) is 2. The van der Waals surface area contributed by atoms with Gasteiger partial charge in [-0.15, -0.1) is 0 Å². The number of pyridine rings is 1. The third-order valence-corrected chi connectivity index (χ3v) is 5.76. The monoisotopic (exact) mass is 466 g/mol. The SMILES string of the molecule is COc1ccccc1-c1cccc(CC(=O)Cc2ccc(Oc3cccn4nccc34)c(F)c2)c1. The number of hydrogen-bond acceptors (Lipinski definition) is 4. The fourth-order valence-corrected chi connectivity index (χ4v) is 4.12. The number of carbonyl (C=O) groups is 1. The van der Waals surface area contributed by atoms with Gasteiger partial charge in [-0.3, -0.25) is 4.79 Å². The van der Waals surface area contributed by atoms with Gasteiger partial charge in [-0.25, -0.2) is 8.91 Å². The van der Waals surface area contributed by atoms with Crippen LogP contribution < -0.4 is 9.47 Å². The Labute approximate surface area is 202 Å². The fourth-order valence-electron chi connectivity index (χ4n) is 4.12. The van der Waals surface area contributed by atoms with Crippen molar-refractivity contribution in [1.82, 2.24) is 9.61 Å². The highest BCUT2D eigenvalue weighted by Crippen LogP contribution is 2.31. The molecule has 5 aromatic rings. The van der Waals surface area contributed by atoms with E-state index < -0.39 is 5.82 Å². The van der Waals surface area contributed by atoms with Gasteiger partial charge in [0.25, 0.3) is 0 Å². The van der Waals surface area contributed by atoms with E-state index in [0.717, 1.165) is 28.0 Å². The first-order chi connectivity index (χ1) is 17.1. The number of rotatable bonds is 8. The van der Waals surface area contributed by atoms with Crippen molar-refractivity contribution in [2.45, 2.75) is 12.8 Å². The summed E-state index contributed by atoms with van der Waals surface area (Å²) >= 11 is 0. The molecule has 0 spiro atoms. The van der Waals surface area contributed by atoms with Crippen molar-refractivity contribution < 1.29 is 18.7 Å². The van der Waals surface area contributed by atoms with Crippen molar-refractivity contribution >= 4 is 11.3 Å². The van der Waals surface area contributed by atoms with Gasteiger partial charge in [-0.1, -0.05) is 48.5 Å². The van der Waals surface area contributed by atoms with Gasteiger partial charge < -0.3 is 9.47 Å². The average Bonchev–Trinajstić information content (AvgIpc) is 3.36. The van der Waals surface area contributed by atoms with Crippen molar-refractivity contribution in [2.24, 2.45) is 0 Å². The van der Waals surface area contributed by atoms with Crippen LogP contribution in [0, 0.1) is 5.82 Å². The summed E-state index contributed by atoms with van der Waals surface area (Å²) in [5, 5.41) is 4.15. The number of hydrogen-bond donors (Lipinski definition) is 0. The molecule has 2 aromatic heterocycles. The molecule has 0 aliphatic rings. The molecule has 0 bridgehead atoms. The fraction of sp³-hybridized carbons (Fsp3) is 0.103. The lowest BCUT2D eigenvalue weighted by molar-refractivity contribution is -0.117. The lowest BCUT2D eigenvalue weighted by Gasteiger charge is -2.10. The highest BCUT2D eigenvalue weighted by molar-refractivity contribution is 5.84. The maximum atomic E-state index is 14.8. The van der Waals surface area contributed by atoms with E-state index in [1.165, 1.54) is 6.07 Å². The lowest BCUT2D eigenvalue weighted by Crippen LogP contribution is -2.07. The van der Waals surface area contributed by atoms with Crippen LogP contribution in [0.2, 0.25) is 0 Å². The van der Waals surface area contributed by atoms with Crippen LogP contribution in [0.1, 0.15) is 11.1 Å². The Morgan fingerprint density at radius 1 is 0.857 bits per heavy atom. The molecule has 6 heteroatoms. The molecule has 174 valence electrons. The molecule has 3 aromatic carbocycles. The van der Waals surface area contributed by atoms with Crippen molar-refractivity contribution in [3.8, 4) is 28.4 Å². The van der Waals surface area contributed by atoms with Crippen molar-refractivity contribution in [3.05, 3.63) is 114 Å². The summed E-state index contributed by atoms with van der Waals surface area (Å²) in [6, 6.07) is 25.6. The van der Waals surface area contributed by atoms with Crippen LogP contribution in [0.5, 0.6) is 17.2 Å². The van der Waals surface area contributed by atoms with Gasteiger partial charge in [0.05, 0.1) is 13.3 Å². The lowest BCUT2D eigenvalue weighted by atomic mass is 9.98. The summed E-state index contributed by atoms with van der Waals surface area (Å²) in [6.45, 7) is 0. The molecular formula is C29H23FN2O3. The second-order valence-corrected chi connectivity index (χ2v) is 8.19. The van der Waals surface area contributed by atoms with E-state index in [9.17, 15) is 9.18 Å². The van der Waals surface area contributed by atoms with Gasteiger partial charge in [0.2, 0.25) is 0 Å². The molecule has 2 heterocycles. The summed E-state index contributed by atoms with van der Waals surface area (Å²) in [5.74, 6) is 0.857. The summed E-state index contributed by atoms with van der Waals surface area (Å²) < 4.78 is 27.7. The van der Waals surface area contributed by atoms with Crippen LogP contribution in [0.25, 0.3) is 16.6 Å². The third kappa shape index (κ3) is 4.92. The zero-order valence-electron chi connectivity index (χ0n) is 19.1. The quantitative estimate of drug-likeness (QED) is 0.269. The molecule has 5 rings (SSSR count). The topological polar surface area (TPSA) is 52.8 Å². The van der Waals surface area contributed by atoms with Crippen LogP contribution in [-0.2, 0) is 17.6 Å². The van der Waals surface area contributed by atoms with Crippen LogP contribution in [0.4, 0.5) is 4.39 Å². The van der Waals surface area contributed by atoms with Gasteiger partial charge in [-0.05, 0) is 53.1 Å². The molecule has 0 amide bonds. The summed E-state index contributed by atoms with van der Waals surface area (Å²) in [5.41, 5.74) is 4.18. The Kier molecular flexibility index (Phi) is 6.26. The number of fused-ring (bicyclic) bond motifs is 1. The van der Waals surface area contributed by atoms with Crippen LogP contribution in [0.3, 0.4) is 0 Å². The highest BCUT2D eigenvalue weighted by Gasteiger charge is 2.13. The molecule has 0 aliphatic heterocycles. The van der Waals surface area contributed by atoms with E-state index in [0.29, 0.717) is 11.3 Å². The molecule has 35 heavy (non-hydrogen) atoms. The summed E-state index contributed by atoms with van der Waals surface area (Å²) in [7, 11) is 1.64. The van der Waals surface area contributed by atoms with Crippen molar-refractivity contribution in [2.75, 3.05) is 7.11 Å². The minimum absolute atomic E-state index is 0.000673. The molecule has 5 nitrogen and oxygen atoms in total. The molecule has 0 aliphatic carbocycles. The van der Waals surface area contributed by atoms with Crippen molar-refractivity contribution in [3.63, 3.8) is 0 Å². The molecule has 0 unspecified atom stereocenters. The van der Waals surface area contributed by atoms with Gasteiger partial charge in [-0.2, -0.15) is 5.10 Å². The average molecular weight is 467 g/mol. The second-order valence-electron chi connectivity index (χ2n) is 8.19. The number of benzene rings is 3. The Morgan fingerprint density at radius 3 is 2.49 bits per heavy atom. The Bertz CT molecular complexity index is 1510. The second kappa shape index (κ2) is 9.81. The van der Waals surface area contributed by atoms with Crippen molar-refractivity contribution in [1.29, 1.82) is 0 Å². The van der Waals surface area contributed by atoms with Gasteiger partial charge >= 0.3 is 0 Å². The predicted octanol–water partition coefficient (Wildman–Crippen LogP) is 6.30. The zero-order valence-corrected chi connectivity index (χ0v) is 19.1. The van der Waals surface area contributed by atoms with E-state index in [1.807, 2.05) is 48.5 Å². The molecule has 0 saturated carbocycles. The maximum absolute atomic E-state index is 14.8. The predicted molar refractivity (Wildman–Crippen MR) is 133 cm³/mol. The van der Waals surface area contributed by atoms with Crippen LogP contribution in [-0.4, -0.2) is 22.5 Å². The standard InChI is InChI=1S/C29H23FN2O3/c1-34-27-9-3-2-8-24(27)22-7-4-6-20(16-22)17-23(33)18-21-11-12-28(25(30)19-21)35-29-10-5-15-32-26(29)13-14-31-32/h2-16,19H,17-18H2,1H3. The molecule has 0 radical (unpaired) electrons. The number of aromatic nitrogens is 2. The number of nitrogens with zero attached hydrogens (tertiary/aromatic N) is 2. The third-order valence-electron chi connectivity index (χ3n) is 5.76. The van der Waals surface area contributed by atoms with E-state index in [-0.39, 0.29) is 24.4 Å². The molecule has 0 N–H and O–H groups in total. The van der Waals surface area contributed by atoms with Gasteiger partial charge in [0.1, 0.15) is 17.0 Å². The largest absolute Gasteiger partial charge is 0.496 e. The molecule has 0 fully saturated rings. The molecular weight excluding hydrogens is 443 g/mol. The highest BCUT2D eigenvalue weighted by atomic mass is 19.1. The van der Waals surface area contributed by atoms with E-state index in [4.69, 9.17) is 9.47 Å². The molecule has 0 atom stereocenters. The number of methoxy groups -OCH3 is 1. The van der Waals surface area contributed by atoms with E-state index in [1.54, 1.807) is 54.4 Å². The molecule has 0 saturated heterocycles. The summed E-state index contributed by atoms with van der Waals surface area (Å²) in [4.78, 5) is 12.8. The van der Waals surface area contributed by atoms with E-state index in [2.05, 4.69) is 5.10 Å². The number of ketones is 1. The van der Waals surface area contributed by atoms with E-state index >= 15 is 0 Å². The number of Topliss-reactive ketones (excluding diaryl/α,β-unsaturated/α-hetero) is 1. The first kappa shape index (κ1) is 22.3. The zero-order chi connectivity index (χ0) is 24.2. The normalized spacial score (nSPS) is 10.9.